The zero-order chi connectivity index (χ0) is 15.1. The first-order valence-electron chi connectivity index (χ1n) is 8.31. The lowest BCUT2D eigenvalue weighted by Gasteiger charge is -2.21. The second-order valence-electron chi connectivity index (χ2n) is 6.22. The van der Waals surface area contributed by atoms with E-state index in [0.717, 1.165) is 50.3 Å². The van der Waals surface area contributed by atoms with Crippen LogP contribution in [0.15, 0.2) is 0 Å². The summed E-state index contributed by atoms with van der Waals surface area (Å²) in [5, 5.41) is 0. The van der Waals surface area contributed by atoms with Crippen molar-refractivity contribution in [3.63, 3.8) is 0 Å². The number of carbonyl (C=O) groups excluding carboxylic acids is 1. The molecule has 4 nitrogen and oxygen atoms in total. The van der Waals surface area contributed by atoms with Crippen molar-refractivity contribution in [2.24, 2.45) is 11.8 Å². The molecule has 21 heavy (non-hydrogen) atoms. The van der Waals surface area contributed by atoms with Crippen LogP contribution < -0.4 is 0 Å². The average Bonchev–Trinajstić information content (AvgIpc) is 2.81. The highest BCUT2D eigenvalue weighted by Crippen LogP contribution is 2.32. The van der Waals surface area contributed by atoms with Gasteiger partial charge in [0.25, 0.3) is 0 Å². The minimum atomic E-state index is 0.354. The van der Waals surface area contributed by atoms with Gasteiger partial charge in [-0.1, -0.05) is 6.92 Å². The molecular formula is C16H30N2O2S. The van der Waals surface area contributed by atoms with Crippen LogP contribution in [-0.4, -0.2) is 73.7 Å². The molecule has 2 heterocycles. The van der Waals surface area contributed by atoms with E-state index in [4.69, 9.17) is 4.74 Å². The molecule has 2 fully saturated rings. The number of fused-ring (bicyclic) bond motifs is 1. The molecule has 2 aliphatic heterocycles. The molecule has 0 N–H and O–H groups in total. The molecule has 0 radical (unpaired) electrons. The van der Waals surface area contributed by atoms with E-state index >= 15 is 0 Å². The van der Waals surface area contributed by atoms with Crippen LogP contribution in [0.25, 0.3) is 0 Å². The largest absolute Gasteiger partial charge is 0.385 e. The van der Waals surface area contributed by atoms with Gasteiger partial charge in [-0.05, 0) is 49.9 Å². The maximum Gasteiger partial charge on any atom is 0.232 e. The van der Waals surface area contributed by atoms with Gasteiger partial charge in [-0.15, -0.1) is 0 Å². The number of hydrogen-bond donors (Lipinski definition) is 0. The van der Waals surface area contributed by atoms with Crippen LogP contribution >= 0.6 is 11.8 Å². The van der Waals surface area contributed by atoms with Crippen LogP contribution in [0.2, 0.25) is 0 Å². The van der Waals surface area contributed by atoms with Gasteiger partial charge in [-0.3, -0.25) is 4.79 Å². The topological polar surface area (TPSA) is 32.8 Å². The van der Waals surface area contributed by atoms with Crippen molar-refractivity contribution in [2.75, 3.05) is 57.9 Å². The molecule has 0 aliphatic carbocycles. The molecule has 2 aliphatic rings. The number of ether oxygens (including phenoxy) is 1. The summed E-state index contributed by atoms with van der Waals surface area (Å²) in [4.78, 5) is 16.9. The fraction of sp³-hybridized carbons (Fsp3) is 0.938. The smallest absolute Gasteiger partial charge is 0.232 e. The van der Waals surface area contributed by atoms with Gasteiger partial charge >= 0.3 is 0 Å². The Morgan fingerprint density at radius 1 is 1.24 bits per heavy atom. The van der Waals surface area contributed by atoms with E-state index in [1.54, 1.807) is 18.9 Å². The highest BCUT2D eigenvalue weighted by molar-refractivity contribution is 7.99. The number of hydrogen-bond acceptors (Lipinski definition) is 4. The van der Waals surface area contributed by atoms with E-state index in [0.29, 0.717) is 11.7 Å². The van der Waals surface area contributed by atoms with Crippen LogP contribution in [0.5, 0.6) is 0 Å². The lowest BCUT2D eigenvalue weighted by Crippen LogP contribution is -2.32. The second-order valence-corrected chi connectivity index (χ2v) is 7.50. The Morgan fingerprint density at radius 2 is 1.90 bits per heavy atom. The van der Waals surface area contributed by atoms with Crippen LogP contribution in [0.3, 0.4) is 0 Å². The van der Waals surface area contributed by atoms with E-state index in [2.05, 4.69) is 16.7 Å². The molecule has 0 aromatic carbocycles. The maximum absolute atomic E-state index is 12.2. The molecule has 0 aromatic heterocycles. The summed E-state index contributed by atoms with van der Waals surface area (Å²) in [6.07, 6.45) is 3.63. The Kier molecular flexibility index (Phi) is 7.34. The molecule has 0 aromatic rings. The molecule has 2 rings (SSSR count). The predicted octanol–water partition coefficient (Wildman–Crippen LogP) is 1.95. The van der Waals surface area contributed by atoms with Crippen molar-refractivity contribution in [2.45, 2.75) is 26.2 Å². The normalized spacial score (nSPS) is 26.7. The van der Waals surface area contributed by atoms with Gasteiger partial charge in [0.1, 0.15) is 0 Å². The van der Waals surface area contributed by atoms with Crippen molar-refractivity contribution < 1.29 is 9.53 Å². The summed E-state index contributed by atoms with van der Waals surface area (Å²) >= 11 is 1.74. The third-order valence-electron chi connectivity index (χ3n) is 4.81. The summed E-state index contributed by atoms with van der Waals surface area (Å²) in [6, 6.07) is 0. The zero-order valence-electron chi connectivity index (χ0n) is 13.6. The zero-order valence-corrected chi connectivity index (χ0v) is 14.4. The molecule has 1 amide bonds. The van der Waals surface area contributed by atoms with Gasteiger partial charge in [-0.25, -0.2) is 0 Å². The number of thioether (sulfide) groups is 1. The highest BCUT2D eigenvalue weighted by atomic mass is 32.2. The van der Waals surface area contributed by atoms with E-state index in [1.165, 1.54) is 25.9 Å². The molecule has 2 atom stereocenters. The van der Waals surface area contributed by atoms with Crippen molar-refractivity contribution in [1.82, 2.24) is 9.80 Å². The Morgan fingerprint density at radius 3 is 2.48 bits per heavy atom. The van der Waals surface area contributed by atoms with Crippen molar-refractivity contribution >= 4 is 17.7 Å². The van der Waals surface area contributed by atoms with Gasteiger partial charge < -0.3 is 14.5 Å². The minimum Gasteiger partial charge on any atom is -0.385 e. The predicted molar refractivity (Wildman–Crippen MR) is 88.7 cm³/mol. The summed E-state index contributed by atoms with van der Waals surface area (Å²) in [7, 11) is 1.77. The SMILES string of the molecule is CCSCC(=O)N1C[C@H]2CCN(CCCOC)CC[C@H]2C1. The number of amides is 1. The lowest BCUT2D eigenvalue weighted by molar-refractivity contribution is -0.127. The van der Waals surface area contributed by atoms with E-state index < -0.39 is 0 Å². The first-order valence-corrected chi connectivity index (χ1v) is 9.46. The van der Waals surface area contributed by atoms with Crippen molar-refractivity contribution in [3.8, 4) is 0 Å². The van der Waals surface area contributed by atoms with Crippen molar-refractivity contribution in [3.05, 3.63) is 0 Å². The van der Waals surface area contributed by atoms with E-state index in [-0.39, 0.29) is 0 Å². The highest BCUT2D eigenvalue weighted by Gasteiger charge is 2.36. The number of methoxy groups -OCH3 is 1. The molecule has 0 saturated carbocycles. The van der Waals surface area contributed by atoms with Crippen LogP contribution in [0.1, 0.15) is 26.2 Å². The number of rotatable bonds is 7. The Labute approximate surface area is 133 Å². The standard InChI is InChI=1S/C16H30N2O2S/c1-3-21-13-16(19)18-11-14-5-8-17(7-4-10-20-2)9-6-15(14)12-18/h14-15H,3-13H2,1-2H3/t14-,15+. The Bertz CT molecular complexity index is 311. The van der Waals surface area contributed by atoms with Crippen LogP contribution in [0.4, 0.5) is 0 Å². The number of likely N-dealkylation sites (tertiary alicyclic amines) is 2. The summed E-state index contributed by atoms with van der Waals surface area (Å²) in [5.74, 6) is 3.51. The number of nitrogens with zero attached hydrogens (tertiary/aromatic N) is 2. The van der Waals surface area contributed by atoms with Crippen molar-refractivity contribution in [1.29, 1.82) is 0 Å². The molecule has 5 heteroatoms. The summed E-state index contributed by atoms with van der Waals surface area (Å²) in [6.45, 7) is 8.51. The van der Waals surface area contributed by atoms with E-state index in [9.17, 15) is 4.79 Å². The van der Waals surface area contributed by atoms with Crippen LogP contribution in [-0.2, 0) is 9.53 Å². The number of carbonyl (C=O) groups is 1. The summed E-state index contributed by atoms with van der Waals surface area (Å²) in [5.41, 5.74) is 0. The average molecular weight is 314 g/mol. The van der Waals surface area contributed by atoms with Gasteiger partial charge in [-0.2, -0.15) is 11.8 Å². The quantitative estimate of drug-likeness (QED) is 0.673. The van der Waals surface area contributed by atoms with E-state index in [1.807, 2.05) is 0 Å². The first-order chi connectivity index (χ1) is 10.2. The minimum absolute atomic E-state index is 0.354. The fourth-order valence-electron chi connectivity index (χ4n) is 3.54. The Hall–Kier alpha value is -0.260. The molecule has 122 valence electrons. The first kappa shape index (κ1) is 17.1. The molecule has 0 bridgehead atoms. The van der Waals surface area contributed by atoms with Crippen LogP contribution in [0, 0.1) is 11.8 Å². The lowest BCUT2D eigenvalue weighted by atomic mass is 9.92. The maximum atomic E-state index is 12.2. The molecule has 2 saturated heterocycles. The monoisotopic (exact) mass is 314 g/mol. The summed E-state index contributed by atoms with van der Waals surface area (Å²) < 4.78 is 5.14. The Balaban J connectivity index is 1.74. The second kappa shape index (κ2) is 9.01. The van der Waals surface area contributed by atoms with Gasteiger partial charge in [0, 0.05) is 33.4 Å². The van der Waals surface area contributed by atoms with Gasteiger partial charge in [0.2, 0.25) is 5.91 Å². The molecular weight excluding hydrogens is 284 g/mol. The third-order valence-corrected chi connectivity index (χ3v) is 5.67. The molecule has 0 spiro atoms. The third kappa shape index (κ3) is 5.15. The van der Waals surface area contributed by atoms with Gasteiger partial charge in [0.05, 0.1) is 5.75 Å². The van der Waals surface area contributed by atoms with Gasteiger partial charge in [0.15, 0.2) is 0 Å². The molecule has 0 unspecified atom stereocenters. The fourth-order valence-corrected chi connectivity index (χ4v) is 4.10.